The maximum Gasteiger partial charge on any atom is 0.276 e. The van der Waals surface area contributed by atoms with Crippen molar-refractivity contribution in [3.63, 3.8) is 0 Å². The van der Waals surface area contributed by atoms with Gasteiger partial charge in [0, 0.05) is 9.58 Å². The number of hydroxylamine groups is 1. The lowest BCUT2D eigenvalue weighted by molar-refractivity contribution is 0.0169. The van der Waals surface area contributed by atoms with E-state index in [-0.39, 0.29) is 30.3 Å². The molecule has 1 amide bonds. The highest BCUT2D eigenvalue weighted by Crippen LogP contribution is 2.23. The Bertz CT molecular complexity index is 701. The first-order chi connectivity index (χ1) is 11.2. The number of benzene rings is 1. The minimum absolute atomic E-state index is 0.0665. The number of aliphatic hydroxyl groups excluding tert-OH is 1. The highest BCUT2D eigenvalue weighted by molar-refractivity contribution is 14.2. The molecule has 0 saturated heterocycles. The molecular formula is C15H14FIN2O4. The molecule has 122 valence electrons. The molecule has 0 saturated carbocycles. The monoisotopic (exact) mass is 432 g/mol. The van der Waals surface area contributed by atoms with E-state index >= 15 is 0 Å². The highest BCUT2D eigenvalue weighted by atomic mass is 127. The van der Waals surface area contributed by atoms with Crippen LogP contribution in [0.2, 0.25) is 0 Å². The van der Waals surface area contributed by atoms with Gasteiger partial charge in [0.25, 0.3) is 5.91 Å². The van der Waals surface area contributed by atoms with Crippen molar-refractivity contribution < 1.29 is 23.9 Å². The molecule has 0 atom stereocenters. The Balaban J connectivity index is 2.28. The topological polar surface area (TPSA) is 87.7 Å². The second kappa shape index (κ2) is 8.65. The molecule has 0 aromatic heterocycles. The van der Waals surface area contributed by atoms with Crippen LogP contribution in [0, 0.1) is 0 Å². The molecule has 3 N–H and O–H groups in total. The predicted octanol–water partition coefficient (Wildman–Crippen LogP) is 2.05. The number of halogens is 2. The number of anilines is 1. The summed E-state index contributed by atoms with van der Waals surface area (Å²) in [6.07, 6.45) is 2.23. The van der Waals surface area contributed by atoms with Gasteiger partial charge in [0.15, 0.2) is 5.83 Å². The molecule has 0 radical (unpaired) electrons. The molecule has 1 aliphatic heterocycles. The molecule has 23 heavy (non-hydrogen) atoms. The Labute approximate surface area is 141 Å². The van der Waals surface area contributed by atoms with E-state index in [1.165, 1.54) is 22.2 Å². The standard InChI is InChI=1S/C15H14FIN2O4/c16-12-8-17-4-3-14(12)18-13-2-1-10(9-21)7-11(13)15(22)19-23-6-5-20/h1-4,7-9,18,20H,5-6H2,(H,19,22). The van der Waals surface area contributed by atoms with Crippen LogP contribution >= 0.6 is 20.7 Å². The molecule has 1 aromatic rings. The smallest absolute Gasteiger partial charge is 0.276 e. The van der Waals surface area contributed by atoms with E-state index < -0.39 is 26.6 Å². The molecular weight excluding hydrogens is 418 g/mol. The van der Waals surface area contributed by atoms with Crippen molar-refractivity contribution in [3.8, 4) is 0 Å². The Morgan fingerprint density at radius 2 is 2.26 bits per heavy atom. The van der Waals surface area contributed by atoms with E-state index in [1.54, 1.807) is 6.08 Å². The van der Waals surface area contributed by atoms with Crippen molar-refractivity contribution in [2.45, 2.75) is 0 Å². The zero-order valence-electron chi connectivity index (χ0n) is 11.9. The van der Waals surface area contributed by atoms with Crippen LogP contribution in [0.1, 0.15) is 20.7 Å². The van der Waals surface area contributed by atoms with Crippen molar-refractivity contribution >= 4 is 42.6 Å². The van der Waals surface area contributed by atoms with Gasteiger partial charge in [0.05, 0.1) is 30.2 Å². The molecule has 1 aromatic carbocycles. The summed E-state index contributed by atoms with van der Waals surface area (Å²) in [5.74, 6) is -0.982. The number of allylic oxidation sites excluding steroid dienone is 2. The van der Waals surface area contributed by atoms with Gasteiger partial charge in [-0.25, -0.2) is 9.87 Å². The van der Waals surface area contributed by atoms with E-state index in [4.69, 9.17) is 9.94 Å². The highest BCUT2D eigenvalue weighted by Gasteiger charge is 2.15. The fourth-order valence-corrected chi connectivity index (χ4v) is 3.15. The van der Waals surface area contributed by atoms with Crippen molar-refractivity contribution in [1.29, 1.82) is 0 Å². The van der Waals surface area contributed by atoms with Gasteiger partial charge in [-0.1, -0.05) is 20.7 Å². The number of hydrogen-bond donors (Lipinski definition) is 3. The molecule has 1 heterocycles. The zero-order chi connectivity index (χ0) is 16.7. The fourth-order valence-electron chi connectivity index (χ4n) is 1.73. The molecule has 0 aliphatic carbocycles. The third kappa shape index (κ3) is 4.78. The molecule has 8 heteroatoms. The number of rotatable bonds is 7. The summed E-state index contributed by atoms with van der Waals surface area (Å²) >= 11 is -0.416. The van der Waals surface area contributed by atoms with Crippen molar-refractivity contribution in [3.05, 3.63) is 51.0 Å². The Morgan fingerprint density at radius 3 is 2.96 bits per heavy atom. The maximum atomic E-state index is 13.8. The number of carbonyl (C=O) groups is 2. The van der Waals surface area contributed by atoms with Crippen LogP contribution < -0.4 is 10.8 Å². The van der Waals surface area contributed by atoms with Gasteiger partial charge in [-0.3, -0.25) is 14.4 Å². The number of carbonyl (C=O) groups excluding carboxylic acids is 2. The number of nitrogens with one attached hydrogen (secondary N) is 2. The summed E-state index contributed by atoms with van der Waals surface area (Å²) < 4.78 is 17.2. The first-order valence-electron chi connectivity index (χ1n) is 6.56. The van der Waals surface area contributed by atoms with Crippen LogP contribution in [-0.4, -0.2) is 34.5 Å². The SMILES string of the molecule is O=Cc1ccc(NC2=C(F)C=IC=C2)c(C(=O)NOCCO)c1. The third-order valence-corrected chi connectivity index (χ3v) is 4.45. The second-order valence-corrected chi connectivity index (χ2v) is 6.40. The van der Waals surface area contributed by atoms with Crippen LogP contribution in [0.3, 0.4) is 0 Å². The molecule has 0 fully saturated rings. The van der Waals surface area contributed by atoms with Gasteiger partial charge < -0.3 is 10.4 Å². The van der Waals surface area contributed by atoms with E-state index in [9.17, 15) is 14.0 Å². The largest absolute Gasteiger partial charge is 0.394 e. The predicted molar refractivity (Wildman–Crippen MR) is 93.3 cm³/mol. The summed E-state index contributed by atoms with van der Waals surface area (Å²) in [5, 5.41) is 11.5. The van der Waals surface area contributed by atoms with Crippen molar-refractivity contribution in [2.24, 2.45) is 0 Å². The summed E-state index contributed by atoms with van der Waals surface area (Å²) in [4.78, 5) is 27.8. The maximum absolute atomic E-state index is 13.8. The minimum atomic E-state index is -0.609. The van der Waals surface area contributed by atoms with Gasteiger partial charge >= 0.3 is 0 Å². The van der Waals surface area contributed by atoms with Crippen molar-refractivity contribution in [2.75, 3.05) is 18.5 Å². The summed E-state index contributed by atoms with van der Waals surface area (Å²) in [6, 6.07) is 4.40. The number of hydrogen-bond acceptors (Lipinski definition) is 5. The van der Waals surface area contributed by atoms with Gasteiger partial charge in [-0.05, 0) is 28.4 Å². The van der Waals surface area contributed by atoms with Gasteiger partial charge in [0.2, 0.25) is 0 Å². The Kier molecular flexibility index (Phi) is 6.56. The third-order valence-electron chi connectivity index (χ3n) is 2.77. The first kappa shape index (κ1) is 17.4. The Hall–Kier alpha value is -1.91. The van der Waals surface area contributed by atoms with E-state index in [2.05, 4.69) is 10.8 Å². The Morgan fingerprint density at radius 1 is 1.43 bits per heavy atom. The average Bonchev–Trinajstić information content (AvgIpc) is 2.57. The van der Waals surface area contributed by atoms with Crippen LogP contribution in [0.5, 0.6) is 0 Å². The first-order valence-corrected chi connectivity index (χ1v) is 9.05. The van der Waals surface area contributed by atoms with Gasteiger partial charge in [-0.15, -0.1) is 0 Å². The van der Waals surface area contributed by atoms with Crippen LogP contribution in [0.15, 0.2) is 39.9 Å². The molecule has 0 unspecified atom stereocenters. The lowest BCUT2D eigenvalue weighted by atomic mass is 10.1. The lowest BCUT2D eigenvalue weighted by Gasteiger charge is -2.14. The lowest BCUT2D eigenvalue weighted by Crippen LogP contribution is -2.26. The number of aliphatic hydroxyl groups is 1. The quantitative estimate of drug-likeness (QED) is 0.266. The number of amides is 1. The summed E-state index contributed by atoms with van der Waals surface area (Å²) in [5.41, 5.74) is 3.17. The summed E-state index contributed by atoms with van der Waals surface area (Å²) in [6.45, 7) is -0.315. The minimum Gasteiger partial charge on any atom is -0.394 e. The molecule has 2 rings (SSSR count). The van der Waals surface area contributed by atoms with Gasteiger partial charge in [0.1, 0.15) is 6.29 Å². The van der Waals surface area contributed by atoms with Crippen molar-refractivity contribution in [1.82, 2.24) is 5.48 Å². The van der Waals surface area contributed by atoms with Crippen LogP contribution in [0.25, 0.3) is 0 Å². The second-order valence-electron chi connectivity index (χ2n) is 4.34. The fraction of sp³-hybridized carbons (Fsp3) is 0.133. The summed E-state index contributed by atoms with van der Waals surface area (Å²) in [7, 11) is 0. The van der Waals surface area contributed by atoms with E-state index in [1.807, 2.05) is 4.08 Å². The van der Waals surface area contributed by atoms with E-state index in [0.717, 1.165) is 0 Å². The molecule has 1 aliphatic rings. The van der Waals surface area contributed by atoms with Crippen LogP contribution in [-0.2, 0) is 4.84 Å². The molecule has 6 nitrogen and oxygen atoms in total. The number of aldehydes is 1. The molecule has 0 spiro atoms. The zero-order valence-corrected chi connectivity index (χ0v) is 14.0. The normalized spacial score (nSPS) is 13.5. The average molecular weight is 432 g/mol. The van der Waals surface area contributed by atoms with Crippen LogP contribution in [0.4, 0.5) is 10.1 Å². The van der Waals surface area contributed by atoms with E-state index in [0.29, 0.717) is 17.5 Å². The van der Waals surface area contributed by atoms with Gasteiger partial charge in [-0.2, -0.15) is 0 Å². The molecule has 0 bridgehead atoms.